The fourth-order valence-electron chi connectivity index (χ4n) is 6.74. The Morgan fingerprint density at radius 1 is 0.814 bits per heavy atom. The number of nitrogens with zero attached hydrogens (tertiary/aromatic N) is 2. The maximum Gasteiger partial charge on any atom is 0.408 e. The molecule has 3 N–H and O–H groups in total. The van der Waals surface area contributed by atoms with Gasteiger partial charge in [-0.2, -0.15) is 11.8 Å². The average molecular weight is 808 g/mol. The molecule has 5 aromatic carbocycles. The van der Waals surface area contributed by atoms with Gasteiger partial charge in [0.1, 0.15) is 17.3 Å². The number of rotatable bonds is 13. The number of fused-ring (bicyclic) bond motifs is 2. The number of H-pyrrole nitrogens is 1. The Labute approximate surface area is 347 Å². The van der Waals surface area contributed by atoms with Gasteiger partial charge < -0.3 is 30.0 Å². The number of hydrogen-bond acceptors (Lipinski definition) is 8. The van der Waals surface area contributed by atoms with E-state index in [0.29, 0.717) is 22.8 Å². The van der Waals surface area contributed by atoms with Crippen molar-refractivity contribution >= 4 is 57.9 Å². The molecule has 0 fully saturated rings. The molecular formula is C47H45N5O6S. The number of aromatic amines is 1. The van der Waals surface area contributed by atoms with E-state index < -0.39 is 47.8 Å². The van der Waals surface area contributed by atoms with Crippen LogP contribution in [0.1, 0.15) is 59.6 Å². The number of carbonyl (C=O) groups excluding carboxylic acids is 4. The van der Waals surface area contributed by atoms with Crippen LogP contribution in [-0.4, -0.2) is 70.4 Å². The monoisotopic (exact) mass is 807 g/mol. The second-order valence-corrected chi connectivity index (χ2v) is 16.1. The summed E-state index contributed by atoms with van der Waals surface area (Å²) in [6, 6.07) is 44.0. The molecule has 7 rings (SSSR count). The fraction of sp³-hybridized carbons (Fsp3) is 0.213. The van der Waals surface area contributed by atoms with E-state index in [0.717, 1.165) is 33.2 Å². The van der Waals surface area contributed by atoms with Gasteiger partial charge in [-0.3, -0.25) is 9.59 Å². The number of alkyl carbamates (subject to hydrolysis) is 1. The number of thioether (sulfide) groups is 1. The van der Waals surface area contributed by atoms with Crippen molar-refractivity contribution in [3.8, 4) is 0 Å². The van der Waals surface area contributed by atoms with Crippen LogP contribution in [-0.2, 0) is 19.1 Å². The molecule has 0 bridgehead atoms. The van der Waals surface area contributed by atoms with Gasteiger partial charge in [-0.05, 0) is 50.1 Å². The molecule has 0 unspecified atom stereocenters. The van der Waals surface area contributed by atoms with Crippen LogP contribution in [0, 0.1) is 0 Å². The summed E-state index contributed by atoms with van der Waals surface area (Å²) in [6.07, 6.45) is -2.74. The van der Waals surface area contributed by atoms with E-state index in [1.165, 1.54) is 11.8 Å². The van der Waals surface area contributed by atoms with Crippen molar-refractivity contribution < 1.29 is 28.7 Å². The Morgan fingerprint density at radius 3 is 2.08 bits per heavy atom. The number of benzene rings is 5. The quantitative estimate of drug-likeness (QED) is 0.0792. The molecule has 6 aromatic rings. The number of aromatic nitrogens is 1. The smallest absolute Gasteiger partial charge is 0.408 e. The van der Waals surface area contributed by atoms with Crippen LogP contribution in [0.25, 0.3) is 10.9 Å². The summed E-state index contributed by atoms with van der Waals surface area (Å²) < 4.78 is 11.7. The van der Waals surface area contributed by atoms with Gasteiger partial charge in [-0.15, -0.1) is 0 Å². The lowest BCUT2D eigenvalue weighted by Crippen LogP contribution is -2.48. The largest absolute Gasteiger partial charge is 0.451 e. The van der Waals surface area contributed by atoms with Gasteiger partial charge in [0.05, 0.1) is 11.4 Å². The minimum atomic E-state index is -1.26. The van der Waals surface area contributed by atoms with Crippen LogP contribution in [0.3, 0.4) is 0 Å². The highest BCUT2D eigenvalue weighted by atomic mass is 32.2. The first kappa shape index (κ1) is 40.5. The summed E-state index contributed by atoms with van der Waals surface area (Å²) in [7, 11) is 0. The molecule has 2 atom stereocenters. The molecule has 11 nitrogen and oxygen atoms in total. The number of esters is 1. The van der Waals surface area contributed by atoms with E-state index in [4.69, 9.17) is 14.5 Å². The molecule has 0 saturated heterocycles. The standard InChI is InChI=1S/C47H45N5O6S/c1-47(2,3)58-46(56)49-38(45(55)57-41(32-19-9-5-10-20-32)33-21-11-6-12-22-33)30-59-28-27-52-39-26-16-14-24-35(39)40(31-17-7-4-8-18-31)50-42(44(52)54)51-43(53)37-29-34-23-13-15-25-36(34)48-37/h4-26,29,38,41-42,48H,27-28,30H2,1-3H3,(H,49,56)(H,51,53)/t38-,42+/m0/s1. The SMILES string of the molecule is CC(C)(C)OC(=O)N[C@@H](CSCCN1C(=O)[C@@H](NC(=O)c2cc3ccccc3[nH]2)N=C(c2ccccc2)c2ccccc21)C(=O)OC(c1ccccc1)c1ccccc1. The number of amides is 3. The van der Waals surface area contributed by atoms with Crippen molar-refractivity contribution in [3.63, 3.8) is 0 Å². The van der Waals surface area contributed by atoms with E-state index in [2.05, 4.69) is 15.6 Å². The van der Waals surface area contributed by atoms with Crippen molar-refractivity contribution in [3.05, 3.63) is 174 Å². The predicted octanol–water partition coefficient (Wildman–Crippen LogP) is 8.07. The number of nitrogens with one attached hydrogen (secondary N) is 3. The lowest BCUT2D eigenvalue weighted by atomic mass is 10.0. The average Bonchev–Trinajstić information content (AvgIpc) is 3.64. The molecule has 1 aliphatic heterocycles. The molecule has 0 spiro atoms. The zero-order valence-corrected chi connectivity index (χ0v) is 33.8. The third-order valence-corrected chi connectivity index (χ3v) is 10.5. The Balaban J connectivity index is 1.12. The third-order valence-electron chi connectivity index (χ3n) is 9.46. The van der Waals surface area contributed by atoms with E-state index in [1.807, 2.05) is 140 Å². The second-order valence-electron chi connectivity index (χ2n) is 14.9. The minimum absolute atomic E-state index is 0.115. The highest BCUT2D eigenvalue weighted by Crippen LogP contribution is 2.30. The zero-order chi connectivity index (χ0) is 41.4. The van der Waals surface area contributed by atoms with E-state index in [1.54, 1.807) is 31.7 Å². The number of anilines is 1. The van der Waals surface area contributed by atoms with Crippen molar-refractivity contribution in [2.45, 2.75) is 44.7 Å². The molecule has 1 aliphatic rings. The number of para-hydroxylation sites is 2. The number of ether oxygens (including phenoxy) is 2. The molecular weight excluding hydrogens is 763 g/mol. The van der Waals surface area contributed by atoms with Gasteiger partial charge in [0.2, 0.25) is 6.17 Å². The number of carbonyl (C=O) groups is 4. The summed E-state index contributed by atoms with van der Waals surface area (Å²) in [5, 5.41) is 6.47. The van der Waals surface area contributed by atoms with E-state index >= 15 is 0 Å². The first-order valence-electron chi connectivity index (χ1n) is 19.3. The lowest BCUT2D eigenvalue weighted by Gasteiger charge is -2.27. The van der Waals surface area contributed by atoms with E-state index in [-0.39, 0.29) is 12.3 Å². The Hall–Kier alpha value is -6.66. The molecule has 0 radical (unpaired) electrons. The van der Waals surface area contributed by atoms with Crippen molar-refractivity contribution in [1.29, 1.82) is 0 Å². The van der Waals surface area contributed by atoms with Crippen LogP contribution in [0.5, 0.6) is 0 Å². The maximum atomic E-state index is 14.6. The maximum absolute atomic E-state index is 14.6. The third kappa shape index (κ3) is 10.1. The van der Waals surface area contributed by atoms with Crippen molar-refractivity contribution in [2.24, 2.45) is 4.99 Å². The van der Waals surface area contributed by atoms with Gasteiger partial charge in [-0.25, -0.2) is 14.6 Å². The summed E-state index contributed by atoms with van der Waals surface area (Å²) in [5.41, 5.74) is 4.54. The van der Waals surface area contributed by atoms with Crippen molar-refractivity contribution in [2.75, 3.05) is 23.0 Å². The summed E-state index contributed by atoms with van der Waals surface area (Å²) in [4.78, 5) is 65.0. The molecule has 59 heavy (non-hydrogen) atoms. The van der Waals surface area contributed by atoms with Gasteiger partial charge >= 0.3 is 12.1 Å². The number of aliphatic imine (C=N–C) groups is 1. The topological polar surface area (TPSA) is 142 Å². The van der Waals surface area contributed by atoms with Crippen LogP contribution in [0.4, 0.5) is 10.5 Å². The molecule has 2 heterocycles. The lowest BCUT2D eigenvalue weighted by molar-refractivity contribution is -0.149. The van der Waals surface area contributed by atoms with Crippen LogP contribution in [0.15, 0.2) is 151 Å². The van der Waals surface area contributed by atoms with Crippen molar-refractivity contribution in [1.82, 2.24) is 15.6 Å². The Morgan fingerprint density at radius 2 is 1.42 bits per heavy atom. The predicted molar refractivity (Wildman–Crippen MR) is 232 cm³/mol. The van der Waals surface area contributed by atoms with Gasteiger partial charge in [0, 0.05) is 40.1 Å². The Kier molecular flexibility index (Phi) is 12.6. The summed E-state index contributed by atoms with van der Waals surface area (Å²) in [6.45, 7) is 5.43. The second kappa shape index (κ2) is 18.3. The van der Waals surface area contributed by atoms with Gasteiger partial charge in [0.25, 0.3) is 11.8 Å². The molecule has 0 aliphatic carbocycles. The highest BCUT2D eigenvalue weighted by molar-refractivity contribution is 7.99. The minimum Gasteiger partial charge on any atom is -0.451 e. The normalized spacial score (nSPS) is 14.5. The summed E-state index contributed by atoms with van der Waals surface area (Å²) >= 11 is 1.36. The van der Waals surface area contributed by atoms with Gasteiger partial charge in [-0.1, -0.05) is 127 Å². The van der Waals surface area contributed by atoms with Crippen LogP contribution >= 0.6 is 11.8 Å². The fourth-order valence-corrected chi connectivity index (χ4v) is 7.67. The highest BCUT2D eigenvalue weighted by Gasteiger charge is 2.34. The molecule has 0 saturated carbocycles. The first-order chi connectivity index (χ1) is 28.5. The van der Waals surface area contributed by atoms with Crippen LogP contribution < -0.4 is 15.5 Å². The first-order valence-corrected chi connectivity index (χ1v) is 20.5. The Bertz CT molecular complexity index is 2380. The van der Waals surface area contributed by atoms with E-state index in [9.17, 15) is 19.2 Å². The molecule has 3 amide bonds. The molecule has 12 heteroatoms. The van der Waals surface area contributed by atoms with Crippen LogP contribution in [0.2, 0.25) is 0 Å². The number of benzodiazepines with no additional fused rings is 1. The number of hydrogen-bond donors (Lipinski definition) is 3. The molecule has 300 valence electrons. The molecule has 1 aromatic heterocycles. The van der Waals surface area contributed by atoms with Gasteiger partial charge in [0.15, 0.2) is 6.10 Å². The summed E-state index contributed by atoms with van der Waals surface area (Å²) in [5.74, 6) is -1.08. The zero-order valence-electron chi connectivity index (χ0n) is 33.0.